The van der Waals surface area contributed by atoms with E-state index in [0.29, 0.717) is 34.2 Å². The van der Waals surface area contributed by atoms with Gasteiger partial charge in [-0.2, -0.15) is 26.3 Å². The molecular formula is C25H27BrF6N4O2. The van der Waals surface area contributed by atoms with E-state index in [9.17, 15) is 31.1 Å². The number of nitrogens with zero attached hydrogens (tertiary/aromatic N) is 4. The van der Waals surface area contributed by atoms with Gasteiger partial charge >= 0.3 is 18.4 Å². The summed E-state index contributed by atoms with van der Waals surface area (Å²) in [7, 11) is 1.88. The molecule has 2 aromatic rings. The Balaban J connectivity index is 1.60. The lowest BCUT2D eigenvalue weighted by atomic mass is 9.89. The minimum Gasteiger partial charge on any atom is -0.439 e. The Hall–Kier alpha value is -2.57. The number of anilines is 1. The van der Waals surface area contributed by atoms with Crippen molar-refractivity contribution in [3.8, 4) is 0 Å². The van der Waals surface area contributed by atoms with Gasteiger partial charge in [0, 0.05) is 13.6 Å². The number of alkyl halides is 6. The van der Waals surface area contributed by atoms with Crippen LogP contribution in [0, 0.1) is 5.92 Å². The predicted molar refractivity (Wildman–Crippen MR) is 130 cm³/mol. The first kappa shape index (κ1) is 28.4. The topological polar surface area (TPSA) is 58.6 Å². The molecule has 4 rings (SSSR count). The highest BCUT2D eigenvalue weighted by atomic mass is 79.9. The molecule has 2 atom stereocenters. The van der Waals surface area contributed by atoms with Crippen LogP contribution < -0.4 is 4.90 Å². The Kier molecular flexibility index (Phi) is 8.15. The number of hydrogen-bond donors (Lipinski definition) is 0. The number of hydrogen-bond acceptors (Lipinski definition) is 5. The maximum Gasteiger partial charge on any atom is 0.416 e. The van der Waals surface area contributed by atoms with Crippen molar-refractivity contribution in [2.75, 3.05) is 18.5 Å². The lowest BCUT2D eigenvalue weighted by molar-refractivity contribution is -0.143. The van der Waals surface area contributed by atoms with Crippen LogP contribution in [0.25, 0.3) is 0 Å². The first-order valence-electron chi connectivity index (χ1n) is 12.2. The summed E-state index contributed by atoms with van der Waals surface area (Å²) >= 11 is 3.29. The fourth-order valence-electron chi connectivity index (χ4n) is 5.13. The summed E-state index contributed by atoms with van der Waals surface area (Å²) in [6.07, 6.45) is -4.91. The summed E-state index contributed by atoms with van der Waals surface area (Å²) in [5, 5.41) is 0. The first-order valence-corrected chi connectivity index (χ1v) is 13.0. The molecule has 0 N–H and O–H groups in total. The molecule has 6 nitrogen and oxygen atoms in total. The molecule has 1 saturated heterocycles. The minimum atomic E-state index is -5.01. The molecular weight excluding hydrogens is 582 g/mol. The molecule has 38 heavy (non-hydrogen) atoms. The van der Waals surface area contributed by atoms with Crippen LogP contribution >= 0.6 is 15.9 Å². The molecule has 2 aliphatic rings. The SMILES string of the molecule is C[C@H]1C(c2cc(C(F)(F)F)cc(C(F)(F)F)c2)OC(=O)N1Cc1nc(Br)cnc1N(C)CC1CCCCC1. The third kappa shape index (κ3) is 6.35. The second-order valence-corrected chi connectivity index (χ2v) is 10.7. The van der Waals surface area contributed by atoms with Crippen molar-refractivity contribution < 1.29 is 35.9 Å². The van der Waals surface area contributed by atoms with Crippen LogP contribution in [-0.4, -0.2) is 40.6 Å². The number of benzene rings is 1. The van der Waals surface area contributed by atoms with E-state index in [0.717, 1.165) is 19.4 Å². The minimum absolute atomic E-state index is 0.0498. The van der Waals surface area contributed by atoms with E-state index in [1.807, 2.05) is 11.9 Å². The molecule has 1 amide bonds. The van der Waals surface area contributed by atoms with Gasteiger partial charge in [-0.15, -0.1) is 0 Å². The van der Waals surface area contributed by atoms with Crippen LogP contribution in [0.1, 0.15) is 67.5 Å². The summed E-state index contributed by atoms with van der Waals surface area (Å²) in [4.78, 5) is 25.0. The highest BCUT2D eigenvalue weighted by Gasteiger charge is 2.43. The zero-order chi connectivity index (χ0) is 27.8. The average molecular weight is 609 g/mol. The molecule has 13 heteroatoms. The molecule has 2 heterocycles. The maximum absolute atomic E-state index is 13.4. The van der Waals surface area contributed by atoms with Crippen molar-refractivity contribution >= 4 is 27.8 Å². The van der Waals surface area contributed by atoms with E-state index in [1.165, 1.54) is 37.3 Å². The van der Waals surface area contributed by atoms with Gasteiger partial charge in [-0.25, -0.2) is 14.8 Å². The van der Waals surface area contributed by atoms with Gasteiger partial charge < -0.3 is 9.64 Å². The van der Waals surface area contributed by atoms with Crippen molar-refractivity contribution in [3.05, 3.63) is 51.4 Å². The van der Waals surface area contributed by atoms with Crippen molar-refractivity contribution in [1.82, 2.24) is 14.9 Å². The number of rotatable bonds is 6. The van der Waals surface area contributed by atoms with E-state index in [-0.39, 0.29) is 18.2 Å². The van der Waals surface area contributed by atoms with Crippen LogP contribution in [0.4, 0.5) is 37.0 Å². The van der Waals surface area contributed by atoms with Gasteiger partial charge in [0.1, 0.15) is 16.4 Å². The van der Waals surface area contributed by atoms with Crippen molar-refractivity contribution in [1.29, 1.82) is 0 Å². The fourth-order valence-corrected chi connectivity index (χ4v) is 5.45. The number of halogens is 7. The number of carbonyl (C=O) groups excluding carboxylic acids is 1. The molecule has 1 aliphatic carbocycles. The Morgan fingerprint density at radius 1 is 1.05 bits per heavy atom. The largest absolute Gasteiger partial charge is 0.439 e. The van der Waals surface area contributed by atoms with E-state index in [1.54, 1.807) is 0 Å². The van der Waals surface area contributed by atoms with Gasteiger partial charge in [0.25, 0.3) is 0 Å². The fraction of sp³-hybridized carbons (Fsp3) is 0.560. The molecule has 1 unspecified atom stereocenters. The Morgan fingerprint density at radius 2 is 1.66 bits per heavy atom. The Bertz CT molecular complexity index is 1140. The number of carbonyl (C=O) groups is 1. The van der Waals surface area contributed by atoms with Crippen molar-refractivity contribution in [2.45, 2.75) is 70.1 Å². The lowest BCUT2D eigenvalue weighted by Gasteiger charge is -2.29. The van der Waals surface area contributed by atoms with Gasteiger partial charge in [-0.1, -0.05) is 19.3 Å². The monoisotopic (exact) mass is 608 g/mol. The van der Waals surface area contributed by atoms with Gasteiger partial charge in [0.2, 0.25) is 0 Å². The van der Waals surface area contributed by atoms with Gasteiger partial charge in [0.15, 0.2) is 5.82 Å². The Morgan fingerprint density at radius 3 is 2.24 bits per heavy atom. The zero-order valence-corrected chi connectivity index (χ0v) is 22.3. The van der Waals surface area contributed by atoms with Crippen LogP contribution in [0.5, 0.6) is 0 Å². The lowest BCUT2D eigenvalue weighted by Crippen LogP contribution is -2.34. The zero-order valence-electron chi connectivity index (χ0n) is 20.7. The second kappa shape index (κ2) is 10.9. The summed E-state index contributed by atoms with van der Waals surface area (Å²) in [6, 6.07) is 0.364. The van der Waals surface area contributed by atoms with E-state index in [2.05, 4.69) is 25.9 Å². The predicted octanol–water partition coefficient (Wildman–Crippen LogP) is 7.38. The summed E-state index contributed by atoms with van der Waals surface area (Å²) in [6.45, 7) is 2.18. The summed E-state index contributed by atoms with van der Waals surface area (Å²) in [5.74, 6) is 1.04. The normalized spacial score (nSPS) is 21.1. The Labute approximate surface area is 224 Å². The molecule has 0 radical (unpaired) electrons. The smallest absolute Gasteiger partial charge is 0.416 e. The summed E-state index contributed by atoms with van der Waals surface area (Å²) in [5.41, 5.74) is -2.88. The molecule has 1 aromatic carbocycles. The number of cyclic esters (lactones) is 1. The van der Waals surface area contributed by atoms with Crippen LogP contribution in [-0.2, 0) is 23.6 Å². The molecule has 0 spiro atoms. The molecule has 208 valence electrons. The third-order valence-electron chi connectivity index (χ3n) is 7.06. The molecule has 1 aromatic heterocycles. The molecule has 1 saturated carbocycles. The van der Waals surface area contributed by atoms with Crippen LogP contribution in [0.3, 0.4) is 0 Å². The van der Waals surface area contributed by atoms with Crippen molar-refractivity contribution in [2.24, 2.45) is 5.92 Å². The van der Waals surface area contributed by atoms with Gasteiger partial charge in [-0.3, -0.25) is 4.90 Å². The highest BCUT2D eigenvalue weighted by molar-refractivity contribution is 9.10. The second-order valence-electron chi connectivity index (χ2n) is 9.86. The quantitative estimate of drug-likeness (QED) is 0.320. The summed E-state index contributed by atoms with van der Waals surface area (Å²) < 4.78 is 86.0. The molecule has 1 aliphatic heterocycles. The van der Waals surface area contributed by atoms with E-state index < -0.39 is 41.7 Å². The first-order chi connectivity index (χ1) is 17.7. The highest BCUT2D eigenvalue weighted by Crippen LogP contribution is 2.41. The number of aromatic nitrogens is 2. The molecule has 2 fully saturated rings. The standard InChI is InChI=1S/C25H27BrF6N4O2/c1-14-21(16-8-17(24(27,28)29)10-18(9-16)25(30,31)32)38-23(37)36(14)13-19-22(33-11-20(26)34-19)35(2)12-15-6-4-3-5-7-15/h8-11,14-15,21H,3-7,12-13H2,1-2H3/t14-,21?/m0/s1. The van der Waals surface area contributed by atoms with Gasteiger partial charge in [-0.05, 0) is 65.4 Å². The van der Waals surface area contributed by atoms with Crippen molar-refractivity contribution in [3.63, 3.8) is 0 Å². The van der Waals surface area contributed by atoms with Crippen LogP contribution in [0.15, 0.2) is 29.0 Å². The third-order valence-corrected chi connectivity index (χ3v) is 7.44. The van der Waals surface area contributed by atoms with E-state index in [4.69, 9.17) is 4.74 Å². The number of amides is 1. The number of ether oxygens (including phenoxy) is 1. The van der Waals surface area contributed by atoms with Gasteiger partial charge in [0.05, 0.1) is 29.9 Å². The van der Waals surface area contributed by atoms with Crippen LogP contribution in [0.2, 0.25) is 0 Å². The average Bonchev–Trinajstić information content (AvgIpc) is 3.11. The van der Waals surface area contributed by atoms with E-state index >= 15 is 0 Å². The molecule has 0 bridgehead atoms. The maximum atomic E-state index is 13.4.